The van der Waals surface area contributed by atoms with E-state index >= 15 is 0 Å². The third-order valence-corrected chi connectivity index (χ3v) is 4.62. The molecule has 0 atom stereocenters. The smallest absolute Gasteiger partial charge is 0.120 e. The van der Waals surface area contributed by atoms with Crippen LogP contribution in [0.4, 0.5) is 0 Å². The minimum Gasteiger partial charge on any atom is -0.144 e. The Morgan fingerprint density at radius 2 is 1.88 bits per heavy atom. The summed E-state index contributed by atoms with van der Waals surface area (Å²) in [5, 5.41) is 11.1. The van der Waals surface area contributed by atoms with E-state index in [1.54, 1.807) is 0 Å². The van der Waals surface area contributed by atoms with E-state index in [1.165, 1.54) is 48.5 Å². The van der Waals surface area contributed by atoms with E-state index in [4.69, 9.17) is 11.6 Å². The molecule has 0 unspecified atom stereocenters. The molecule has 0 saturated heterocycles. The molecule has 1 aliphatic carbocycles. The van der Waals surface area contributed by atoms with E-state index in [1.807, 2.05) is 11.3 Å². The fourth-order valence-corrected chi connectivity index (χ4v) is 3.46. The molecule has 0 amide bonds. The second-order valence-corrected chi connectivity index (χ2v) is 5.99. The van der Waals surface area contributed by atoms with E-state index in [0.29, 0.717) is 5.92 Å². The summed E-state index contributed by atoms with van der Waals surface area (Å²) in [5.74, 6) is 1.41. The topological polar surface area (TPSA) is 25.8 Å². The number of hydrogen-bond acceptors (Lipinski definition) is 3. The summed E-state index contributed by atoms with van der Waals surface area (Å²) in [6.45, 7) is 0. The van der Waals surface area contributed by atoms with Crippen molar-refractivity contribution in [3.63, 3.8) is 0 Å². The number of aromatic nitrogens is 2. The first-order valence-electron chi connectivity index (χ1n) is 6.28. The Labute approximate surface area is 106 Å². The molecule has 1 saturated carbocycles. The highest BCUT2D eigenvalue weighted by molar-refractivity contribution is 7.11. The van der Waals surface area contributed by atoms with Crippen LogP contribution in [-0.4, -0.2) is 16.1 Å². The van der Waals surface area contributed by atoms with E-state index in [0.717, 1.165) is 18.7 Å². The van der Waals surface area contributed by atoms with Crippen LogP contribution in [0.15, 0.2) is 0 Å². The van der Waals surface area contributed by atoms with E-state index < -0.39 is 0 Å². The van der Waals surface area contributed by atoms with Gasteiger partial charge in [0.2, 0.25) is 0 Å². The Hall–Kier alpha value is -0.150. The van der Waals surface area contributed by atoms with E-state index in [-0.39, 0.29) is 0 Å². The van der Waals surface area contributed by atoms with Gasteiger partial charge in [0.25, 0.3) is 0 Å². The second kappa shape index (κ2) is 6.55. The third kappa shape index (κ3) is 3.42. The van der Waals surface area contributed by atoms with Gasteiger partial charge >= 0.3 is 0 Å². The zero-order chi connectivity index (χ0) is 11.2. The van der Waals surface area contributed by atoms with Crippen molar-refractivity contribution in [1.29, 1.82) is 0 Å². The van der Waals surface area contributed by atoms with Gasteiger partial charge in [0.15, 0.2) is 0 Å². The van der Waals surface area contributed by atoms with Crippen molar-refractivity contribution in [2.75, 3.05) is 5.88 Å². The fraction of sp³-hybridized carbons (Fsp3) is 0.833. The van der Waals surface area contributed by atoms with Crippen molar-refractivity contribution in [2.45, 2.75) is 57.3 Å². The summed E-state index contributed by atoms with van der Waals surface area (Å²) in [5.41, 5.74) is 0. The number of rotatable bonds is 4. The van der Waals surface area contributed by atoms with Gasteiger partial charge in [-0.25, -0.2) is 0 Å². The van der Waals surface area contributed by atoms with Crippen LogP contribution in [0.2, 0.25) is 0 Å². The first-order chi connectivity index (χ1) is 7.90. The molecule has 16 heavy (non-hydrogen) atoms. The highest BCUT2D eigenvalue weighted by Gasteiger charge is 2.18. The van der Waals surface area contributed by atoms with Crippen LogP contribution in [-0.2, 0) is 6.42 Å². The summed E-state index contributed by atoms with van der Waals surface area (Å²) in [4.78, 5) is 0. The van der Waals surface area contributed by atoms with Crippen LogP contribution in [0, 0.1) is 0 Å². The van der Waals surface area contributed by atoms with Gasteiger partial charge < -0.3 is 0 Å². The normalized spacial score (nSPS) is 18.6. The van der Waals surface area contributed by atoms with Crippen molar-refractivity contribution in [3.8, 4) is 0 Å². The van der Waals surface area contributed by atoms with Gasteiger partial charge in [0.1, 0.15) is 10.0 Å². The number of nitrogens with zero attached hydrogens (tertiary/aromatic N) is 2. The molecule has 2 rings (SSSR count). The summed E-state index contributed by atoms with van der Waals surface area (Å²) >= 11 is 7.49. The zero-order valence-corrected chi connectivity index (χ0v) is 11.2. The fourth-order valence-electron chi connectivity index (χ4n) is 2.28. The van der Waals surface area contributed by atoms with Crippen molar-refractivity contribution < 1.29 is 0 Å². The van der Waals surface area contributed by atoms with Crippen molar-refractivity contribution in [3.05, 3.63) is 10.0 Å². The van der Waals surface area contributed by atoms with E-state index in [9.17, 15) is 0 Å². The molecule has 0 aromatic carbocycles. The second-order valence-electron chi connectivity index (χ2n) is 4.52. The van der Waals surface area contributed by atoms with E-state index in [2.05, 4.69) is 10.2 Å². The average Bonchev–Trinajstić information content (AvgIpc) is 2.60. The molecule has 0 spiro atoms. The molecule has 90 valence electrons. The van der Waals surface area contributed by atoms with Crippen LogP contribution in [0.1, 0.15) is 60.9 Å². The minimum absolute atomic E-state index is 0.685. The third-order valence-electron chi connectivity index (χ3n) is 3.21. The molecule has 0 aliphatic heterocycles. The molecule has 1 aromatic heterocycles. The predicted octanol–water partition coefficient (Wildman–Crippen LogP) is 4.15. The average molecular weight is 259 g/mol. The Morgan fingerprint density at radius 1 is 1.12 bits per heavy atom. The molecule has 1 heterocycles. The molecule has 1 aliphatic rings. The zero-order valence-electron chi connectivity index (χ0n) is 9.62. The lowest BCUT2D eigenvalue weighted by atomic mass is 10.0. The van der Waals surface area contributed by atoms with Crippen molar-refractivity contribution in [2.24, 2.45) is 0 Å². The van der Waals surface area contributed by atoms with Gasteiger partial charge in [-0.05, 0) is 19.3 Å². The summed E-state index contributed by atoms with van der Waals surface area (Å²) < 4.78 is 0. The highest BCUT2D eigenvalue weighted by atomic mass is 35.5. The number of hydrogen-bond donors (Lipinski definition) is 0. The predicted molar refractivity (Wildman–Crippen MR) is 69.4 cm³/mol. The first-order valence-corrected chi connectivity index (χ1v) is 7.63. The van der Waals surface area contributed by atoms with Crippen LogP contribution in [0.5, 0.6) is 0 Å². The van der Waals surface area contributed by atoms with Gasteiger partial charge in [-0.3, -0.25) is 0 Å². The maximum atomic E-state index is 5.68. The molecule has 1 fully saturated rings. The first kappa shape index (κ1) is 12.3. The van der Waals surface area contributed by atoms with Gasteiger partial charge in [0, 0.05) is 18.2 Å². The largest absolute Gasteiger partial charge is 0.144 e. The lowest BCUT2D eigenvalue weighted by Gasteiger charge is -2.08. The summed E-state index contributed by atoms with van der Waals surface area (Å²) in [6.07, 6.45) is 10.1. The standard InChI is InChI=1S/C12H19ClN2S/c13-9-5-8-11-14-15-12(16-11)10-6-3-1-2-4-7-10/h10H,1-9H2. The quantitative estimate of drug-likeness (QED) is 0.599. The van der Waals surface area contributed by atoms with Crippen LogP contribution in [0.25, 0.3) is 0 Å². The molecular formula is C12H19ClN2S. The van der Waals surface area contributed by atoms with Gasteiger partial charge in [-0.1, -0.05) is 25.7 Å². The molecule has 0 N–H and O–H groups in total. The van der Waals surface area contributed by atoms with Crippen molar-refractivity contribution in [1.82, 2.24) is 10.2 Å². The summed E-state index contributed by atoms with van der Waals surface area (Å²) in [6, 6.07) is 0. The maximum absolute atomic E-state index is 5.68. The number of aryl methyl sites for hydroxylation is 1. The molecule has 0 radical (unpaired) electrons. The molecule has 2 nitrogen and oxygen atoms in total. The highest BCUT2D eigenvalue weighted by Crippen LogP contribution is 2.33. The molecule has 0 bridgehead atoms. The maximum Gasteiger partial charge on any atom is 0.120 e. The Bertz CT molecular complexity index is 306. The van der Waals surface area contributed by atoms with Crippen LogP contribution in [0.3, 0.4) is 0 Å². The molecule has 4 heteroatoms. The Morgan fingerprint density at radius 3 is 2.56 bits per heavy atom. The van der Waals surface area contributed by atoms with Crippen molar-refractivity contribution >= 4 is 22.9 Å². The van der Waals surface area contributed by atoms with Gasteiger partial charge in [-0.15, -0.1) is 33.1 Å². The van der Waals surface area contributed by atoms with Gasteiger partial charge in [-0.2, -0.15) is 0 Å². The summed E-state index contributed by atoms with van der Waals surface area (Å²) in [7, 11) is 0. The monoisotopic (exact) mass is 258 g/mol. The Balaban J connectivity index is 1.94. The number of halogens is 1. The molecule has 1 aromatic rings. The van der Waals surface area contributed by atoms with Crippen LogP contribution >= 0.6 is 22.9 Å². The minimum atomic E-state index is 0.685. The van der Waals surface area contributed by atoms with Crippen LogP contribution < -0.4 is 0 Å². The van der Waals surface area contributed by atoms with Gasteiger partial charge in [0.05, 0.1) is 0 Å². The molecular weight excluding hydrogens is 240 g/mol. The number of alkyl halides is 1. The lowest BCUT2D eigenvalue weighted by molar-refractivity contribution is 0.584. The SMILES string of the molecule is ClCCCc1nnc(C2CCCCCC2)s1. The Kier molecular flexibility index (Phi) is 5.04. The lowest BCUT2D eigenvalue weighted by Crippen LogP contribution is -1.96.